The Morgan fingerprint density at radius 2 is 1.19 bits per heavy atom. The minimum atomic E-state index is -2.74. The van der Waals surface area contributed by atoms with Gasteiger partial charge in [-0.05, 0) is 0 Å². The van der Waals surface area contributed by atoms with Gasteiger partial charge in [0, 0.05) is 0 Å². The van der Waals surface area contributed by atoms with E-state index in [-0.39, 0.29) is 0 Å². The van der Waals surface area contributed by atoms with Gasteiger partial charge in [0.05, 0.1) is 0 Å². The zero-order valence-electron chi connectivity index (χ0n) is 18.6. The second-order valence-electron chi connectivity index (χ2n) is 7.82. The first kappa shape index (κ1) is 20.7. The van der Waals surface area contributed by atoms with Crippen molar-refractivity contribution in [1.29, 1.82) is 0 Å². The molecule has 0 nitrogen and oxygen atoms in total. The summed E-state index contributed by atoms with van der Waals surface area (Å²) in [6.07, 6.45) is 7.75. The predicted molar refractivity (Wildman–Crippen MR) is 126 cm³/mol. The SMILES string of the molecule is [2H]/C(=[C](\c1ccccc1)[Sn]([CH2]CCC)([CH2]CCC)[CH2]CCC)c1ccccc1. The van der Waals surface area contributed by atoms with Crippen LogP contribution in [0.15, 0.2) is 60.7 Å². The third-order valence-electron chi connectivity index (χ3n) is 5.66. The number of benzene rings is 2. The Morgan fingerprint density at radius 1 is 0.741 bits per heavy atom. The summed E-state index contributed by atoms with van der Waals surface area (Å²) in [5.41, 5.74) is 2.42. The van der Waals surface area contributed by atoms with Crippen LogP contribution in [0.1, 0.15) is 71.8 Å². The van der Waals surface area contributed by atoms with Crippen molar-refractivity contribution in [1.82, 2.24) is 0 Å². The molecule has 2 rings (SSSR count). The quantitative estimate of drug-likeness (QED) is 0.215. The monoisotopic (exact) mass is 471 g/mol. The molecule has 0 amide bonds. The van der Waals surface area contributed by atoms with Gasteiger partial charge in [-0.25, -0.2) is 0 Å². The second-order valence-corrected chi connectivity index (χ2v) is 20.8. The molecule has 0 spiro atoms. The summed E-state index contributed by atoms with van der Waals surface area (Å²) < 4.78 is 15.0. The molecule has 0 unspecified atom stereocenters. The van der Waals surface area contributed by atoms with Crippen molar-refractivity contribution >= 4 is 28.0 Å². The summed E-state index contributed by atoms with van der Waals surface area (Å²) in [6.45, 7) is 6.96. The van der Waals surface area contributed by atoms with Crippen LogP contribution in [-0.2, 0) is 0 Å². The van der Waals surface area contributed by atoms with Crippen molar-refractivity contribution in [3.05, 3.63) is 71.8 Å². The number of hydrogen-bond donors (Lipinski definition) is 0. The van der Waals surface area contributed by atoms with E-state index in [1.54, 1.807) is 0 Å². The number of rotatable bonds is 12. The van der Waals surface area contributed by atoms with E-state index in [0.29, 0.717) is 0 Å². The van der Waals surface area contributed by atoms with E-state index in [9.17, 15) is 1.37 Å². The zero-order chi connectivity index (χ0) is 20.2. The Hall–Kier alpha value is -1.02. The molecule has 0 fully saturated rings. The van der Waals surface area contributed by atoms with Crippen LogP contribution in [0.3, 0.4) is 0 Å². The molecule has 146 valence electrons. The third kappa shape index (κ3) is 6.82. The van der Waals surface area contributed by atoms with Crippen LogP contribution in [-0.4, -0.2) is 18.4 Å². The van der Waals surface area contributed by atoms with E-state index in [2.05, 4.69) is 81.4 Å². The molecule has 0 bridgehead atoms. The van der Waals surface area contributed by atoms with Crippen molar-refractivity contribution in [3.8, 4) is 0 Å². The Bertz CT molecular complexity index is 684. The molecular weight excluding hydrogens is 431 g/mol. The standard InChI is InChI=1S/C14H11.3C4H9.Sn/c1-3-7-13(8-4-1)11-12-14-9-5-2-6-10-14;3*1-3-4-2;/h1-11H;3*1,3-4H2,2H3;/i11D;;;;. The third-order valence-corrected chi connectivity index (χ3v) is 21.1. The van der Waals surface area contributed by atoms with E-state index in [1.807, 2.05) is 0 Å². The fourth-order valence-corrected chi connectivity index (χ4v) is 20.6. The molecule has 2 aromatic carbocycles. The Balaban J connectivity index is 2.69. The molecule has 0 N–H and O–H groups in total. The van der Waals surface area contributed by atoms with Gasteiger partial charge in [0.25, 0.3) is 0 Å². The average molecular weight is 470 g/mol. The maximum atomic E-state index is 9.30. The van der Waals surface area contributed by atoms with E-state index >= 15 is 0 Å². The molecule has 0 aromatic heterocycles. The van der Waals surface area contributed by atoms with Gasteiger partial charge >= 0.3 is 174 Å². The van der Waals surface area contributed by atoms with Gasteiger partial charge in [0.15, 0.2) is 0 Å². The predicted octanol–water partition coefficient (Wildman–Crippen LogP) is 8.62. The molecule has 1 heteroatoms. The Morgan fingerprint density at radius 3 is 1.63 bits per heavy atom. The fraction of sp³-hybridized carbons (Fsp3) is 0.462. The summed E-state index contributed by atoms with van der Waals surface area (Å²) in [4.78, 5) is 0. The van der Waals surface area contributed by atoms with Crippen LogP contribution in [0.5, 0.6) is 0 Å². The van der Waals surface area contributed by atoms with Crippen molar-refractivity contribution in [2.45, 2.75) is 72.6 Å². The average Bonchev–Trinajstić information content (AvgIpc) is 2.76. The van der Waals surface area contributed by atoms with Crippen LogP contribution < -0.4 is 0 Å². The molecule has 0 aliphatic rings. The van der Waals surface area contributed by atoms with Gasteiger partial charge in [-0.1, -0.05) is 0 Å². The molecule has 27 heavy (non-hydrogen) atoms. The number of hydrogen-bond acceptors (Lipinski definition) is 0. The molecule has 0 aliphatic carbocycles. The molecule has 0 saturated carbocycles. The van der Waals surface area contributed by atoms with Crippen LogP contribution in [0.25, 0.3) is 9.64 Å². The van der Waals surface area contributed by atoms with Crippen molar-refractivity contribution in [2.24, 2.45) is 0 Å². The molecular formula is C26H38Sn. The van der Waals surface area contributed by atoms with Crippen LogP contribution in [0, 0.1) is 0 Å². The van der Waals surface area contributed by atoms with E-state index in [0.717, 1.165) is 11.6 Å². The molecule has 2 aromatic rings. The van der Waals surface area contributed by atoms with Gasteiger partial charge in [-0.2, -0.15) is 0 Å². The summed E-state index contributed by atoms with van der Waals surface area (Å²) in [5, 5.41) is 0. The van der Waals surface area contributed by atoms with Gasteiger partial charge in [-0.15, -0.1) is 0 Å². The van der Waals surface area contributed by atoms with Gasteiger partial charge < -0.3 is 0 Å². The summed E-state index contributed by atoms with van der Waals surface area (Å²) in [6, 6.07) is 22.2. The van der Waals surface area contributed by atoms with Crippen molar-refractivity contribution in [2.75, 3.05) is 0 Å². The van der Waals surface area contributed by atoms with Gasteiger partial charge in [0.1, 0.15) is 0 Å². The Labute approximate surface area is 173 Å². The van der Waals surface area contributed by atoms with E-state index in [4.69, 9.17) is 0 Å². The van der Waals surface area contributed by atoms with Crippen molar-refractivity contribution < 1.29 is 1.37 Å². The van der Waals surface area contributed by atoms with Crippen LogP contribution in [0.2, 0.25) is 13.3 Å². The first-order chi connectivity index (χ1) is 13.7. The van der Waals surface area contributed by atoms with E-state index in [1.165, 1.54) is 61.0 Å². The Kier molecular flexibility index (Phi) is 9.54. The normalized spacial score (nSPS) is 13.2. The molecule has 0 aliphatic heterocycles. The minimum absolute atomic E-state index is 0.811. The second kappa shape index (κ2) is 12.4. The van der Waals surface area contributed by atoms with E-state index < -0.39 is 18.4 Å². The van der Waals surface area contributed by atoms with Crippen LogP contribution >= 0.6 is 0 Å². The van der Waals surface area contributed by atoms with Gasteiger partial charge in [0.2, 0.25) is 0 Å². The fourth-order valence-electron chi connectivity index (χ4n) is 4.08. The maximum absolute atomic E-state index is 9.30. The van der Waals surface area contributed by atoms with Crippen molar-refractivity contribution in [3.63, 3.8) is 0 Å². The molecule has 0 radical (unpaired) electrons. The molecule has 0 atom stereocenters. The first-order valence-electron chi connectivity index (χ1n) is 11.5. The number of unbranched alkanes of at least 4 members (excludes halogenated alkanes) is 3. The molecule has 0 heterocycles. The summed E-state index contributed by atoms with van der Waals surface area (Å²) in [7, 11) is 0. The first-order valence-corrected chi connectivity index (χ1v) is 18.5. The molecule has 0 saturated heterocycles. The zero-order valence-corrected chi connectivity index (χ0v) is 20.5. The summed E-state index contributed by atoms with van der Waals surface area (Å²) >= 11 is -2.74. The topological polar surface area (TPSA) is 0 Å². The van der Waals surface area contributed by atoms with Gasteiger partial charge in [-0.3, -0.25) is 0 Å². The van der Waals surface area contributed by atoms with Crippen LogP contribution in [0.4, 0.5) is 0 Å². The summed E-state index contributed by atoms with van der Waals surface area (Å²) in [5.74, 6) is 0.